The van der Waals surface area contributed by atoms with Gasteiger partial charge in [-0.15, -0.1) is 11.3 Å². The van der Waals surface area contributed by atoms with Crippen LogP contribution in [0.1, 0.15) is 4.88 Å². The van der Waals surface area contributed by atoms with Crippen LogP contribution in [0.15, 0.2) is 24.4 Å². The van der Waals surface area contributed by atoms with Crippen molar-refractivity contribution in [3.05, 3.63) is 48.7 Å². The van der Waals surface area contributed by atoms with E-state index < -0.39 is 4.92 Å². The van der Waals surface area contributed by atoms with Gasteiger partial charge in [0.15, 0.2) is 0 Å². The van der Waals surface area contributed by atoms with Gasteiger partial charge in [0.05, 0.1) is 20.8 Å². The lowest BCUT2D eigenvalue weighted by molar-refractivity contribution is -0.384. The Morgan fingerprint density at radius 3 is 2.83 bits per heavy atom. The van der Waals surface area contributed by atoms with Gasteiger partial charge in [-0.05, 0) is 12.1 Å². The zero-order valence-corrected chi connectivity index (χ0v) is 11.2. The van der Waals surface area contributed by atoms with Crippen LogP contribution in [0.5, 0.6) is 0 Å². The Kier molecular flexibility index (Phi) is 4.00. The summed E-state index contributed by atoms with van der Waals surface area (Å²) >= 11 is 12.9. The highest BCUT2D eigenvalue weighted by Crippen LogP contribution is 2.27. The molecular formula is C10H7Cl2N3O2S. The molecule has 2 aromatic heterocycles. The van der Waals surface area contributed by atoms with Crippen molar-refractivity contribution in [1.29, 1.82) is 0 Å². The number of aromatic nitrogens is 1. The van der Waals surface area contributed by atoms with Gasteiger partial charge in [0.1, 0.15) is 0 Å². The van der Waals surface area contributed by atoms with Crippen LogP contribution in [0, 0.1) is 10.1 Å². The summed E-state index contributed by atoms with van der Waals surface area (Å²) in [6.07, 6.45) is 1.36. The van der Waals surface area contributed by atoms with Crippen molar-refractivity contribution in [2.24, 2.45) is 0 Å². The first-order valence-electron chi connectivity index (χ1n) is 4.84. The van der Waals surface area contributed by atoms with Crippen LogP contribution in [0.3, 0.4) is 0 Å². The molecule has 0 fully saturated rings. The Balaban J connectivity index is 2.16. The molecule has 0 aliphatic carbocycles. The average molecular weight is 304 g/mol. The van der Waals surface area contributed by atoms with Gasteiger partial charge in [-0.1, -0.05) is 23.2 Å². The number of nitrogens with one attached hydrogen (secondary N) is 1. The highest BCUT2D eigenvalue weighted by molar-refractivity contribution is 7.16. The predicted octanol–water partition coefficient (Wildman–Crippen LogP) is 3.97. The normalized spacial score (nSPS) is 10.3. The predicted molar refractivity (Wildman–Crippen MR) is 72.6 cm³/mol. The molecule has 0 atom stereocenters. The van der Waals surface area contributed by atoms with Gasteiger partial charge in [-0.2, -0.15) is 0 Å². The van der Waals surface area contributed by atoms with Crippen molar-refractivity contribution in [1.82, 2.24) is 4.98 Å². The summed E-state index contributed by atoms with van der Waals surface area (Å²) in [4.78, 5) is 15.2. The average Bonchev–Trinajstić information content (AvgIpc) is 2.73. The van der Waals surface area contributed by atoms with E-state index in [0.717, 1.165) is 4.88 Å². The van der Waals surface area contributed by atoms with Crippen molar-refractivity contribution in [3.8, 4) is 0 Å². The molecule has 1 N–H and O–H groups in total. The van der Waals surface area contributed by atoms with Gasteiger partial charge in [-0.3, -0.25) is 10.1 Å². The third-order valence-electron chi connectivity index (χ3n) is 2.09. The third kappa shape index (κ3) is 3.10. The van der Waals surface area contributed by atoms with Crippen molar-refractivity contribution < 1.29 is 4.92 Å². The van der Waals surface area contributed by atoms with Crippen molar-refractivity contribution in [3.63, 3.8) is 0 Å². The van der Waals surface area contributed by atoms with Crippen molar-refractivity contribution in [2.75, 3.05) is 5.32 Å². The molecule has 94 valence electrons. The summed E-state index contributed by atoms with van der Waals surface area (Å²) in [7, 11) is 0. The molecule has 18 heavy (non-hydrogen) atoms. The van der Waals surface area contributed by atoms with Gasteiger partial charge in [0.2, 0.25) is 5.82 Å². The minimum absolute atomic E-state index is 0.148. The highest BCUT2D eigenvalue weighted by Gasteiger charge is 2.15. The fourth-order valence-corrected chi connectivity index (χ4v) is 2.50. The molecule has 0 bridgehead atoms. The minimum Gasteiger partial charge on any atom is -0.359 e. The number of anilines is 1. The molecule has 0 saturated heterocycles. The van der Waals surface area contributed by atoms with E-state index in [1.54, 1.807) is 6.07 Å². The second-order valence-corrected chi connectivity index (χ2v) is 5.57. The SMILES string of the molecule is O=[N+]([O-])c1cc(Cl)cnc1NCc1ccc(Cl)s1. The number of nitro groups is 1. The number of rotatable bonds is 4. The summed E-state index contributed by atoms with van der Waals surface area (Å²) in [5.74, 6) is 0.189. The summed E-state index contributed by atoms with van der Waals surface area (Å²) in [6, 6.07) is 4.88. The fourth-order valence-electron chi connectivity index (χ4n) is 1.32. The van der Waals surface area contributed by atoms with E-state index in [-0.39, 0.29) is 16.5 Å². The summed E-state index contributed by atoms with van der Waals surface area (Å²) in [6.45, 7) is 0.423. The first-order valence-corrected chi connectivity index (χ1v) is 6.41. The van der Waals surface area contributed by atoms with Gasteiger partial charge < -0.3 is 5.32 Å². The molecule has 2 aromatic rings. The Morgan fingerprint density at radius 2 is 2.22 bits per heavy atom. The molecule has 0 aliphatic heterocycles. The van der Waals surface area contributed by atoms with E-state index in [0.29, 0.717) is 10.9 Å². The summed E-state index contributed by atoms with van der Waals surface area (Å²) in [5.41, 5.74) is -0.148. The largest absolute Gasteiger partial charge is 0.359 e. The zero-order valence-electron chi connectivity index (χ0n) is 8.89. The number of thiophene rings is 1. The third-order valence-corrected chi connectivity index (χ3v) is 3.53. The Morgan fingerprint density at radius 1 is 1.44 bits per heavy atom. The summed E-state index contributed by atoms with van der Waals surface area (Å²) < 4.78 is 0.672. The zero-order chi connectivity index (χ0) is 13.1. The Bertz CT molecular complexity index is 588. The molecule has 0 saturated carbocycles. The van der Waals surface area contributed by atoms with Crippen LogP contribution in [0.25, 0.3) is 0 Å². The number of hydrogen-bond acceptors (Lipinski definition) is 5. The van der Waals surface area contributed by atoms with Crippen LogP contribution in [0.4, 0.5) is 11.5 Å². The molecule has 8 heteroatoms. The number of hydrogen-bond donors (Lipinski definition) is 1. The molecule has 0 spiro atoms. The monoisotopic (exact) mass is 303 g/mol. The lowest BCUT2D eigenvalue weighted by Gasteiger charge is -2.04. The van der Waals surface area contributed by atoms with Crippen LogP contribution in [0.2, 0.25) is 9.36 Å². The molecule has 0 unspecified atom stereocenters. The van der Waals surface area contributed by atoms with E-state index in [1.807, 2.05) is 6.07 Å². The highest BCUT2D eigenvalue weighted by atomic mass is 35.5. The van der Waals surface area contributed by atoms with E-state index in [4.69, 9.17) is 23.2 Å². The lowest BCUT2D eigenvalue weighted by atomic mass is 10.4. The van der Waals surface area contributed by atoms with Gasteiger partial charge in [0, 0.05) is 17.1 Å². The second-order valence-electron chi connectivity index (χ2n) is 3.34. The molecule has 2 rings (SSSR count). The lowest BCUT2D eigenvalue weighted by Crippen LogP contribution is -2.03. The quantitative estimate of drug-likeness (QED) is 0.685. The Hall–Kier alpha value is -1.37. The molecule has 0 radical (unpaired) electrons. The molecule has 5 nitrogen and oxygen atoms in total. The number of pyridine rings is 1. The molecule has 0 aliphatic rings. The van der Waals surface area contributed by atoms with Crippen LogP contribution >= 0.6 is 34.5 Å². The maximum absolute atomic E-state index is 10.8. The van der Waals surface area contributed by atoms with Gasteiger partial charge in [-0.25, -0.2) is 4.98 Å². The standard InChI is InChI=1S/C10H7Cl2N3O2S/c11-6-3-8(15(16)17)10(13-4-6)14-5-7-1-2-9(12)18-7/h1-4H,5H2,(H,13,14). The van der Waals surface area contributed by atoms with Crippen molar-refractivity contribution >= 4 is 46.0 Å². The maximum atomic E-state index is 10.8. The van der Waals surface area contributed by atoms with Crippen LogP contribution in [-0.4, -0.2) is 9.91 Å². The topological polar surface area (TPSA) is 68.1 Å². The Labute approximate surface area is 117 Å². The minimum atomic E-state index is -0.525. The van der Waals surface area contributed by atoms with E-state index in [1.165, 1.54) is 23.6 Å². The molecule has 0 aromatic carbocycles. The van der Waals surface area contributed by atoms with Crippen LogP contribution in [-0.2, 0) is 6.54 Å². The molecule has 0 amide bonds. The molecular weight excluding hydrogens is 297 g/mol. The first-order chi connectivity index (χ1) is 8.56. The van der Waals surface area contributed by atoms with Crippen molar-refractivity contribution in [2.45, 2.75) is 6.54 Å². The molecule has 2 heterocycles. The number of nitrogens with zero attached hydrogens (tertiary/aromatic N) is 2. The van der Waals surface area contributed by atoms with E-state index in [9.17, 15) is 10.1 Å². The van der Waals surface area contributed by atoms with Crippen LogP contribution < -0.4 is 5.32 Å². The maximum Gasteiger partial charge on any atom is 0.312 e. The number of halogens is 2. The van der Waals surface area contributed by atoms with E-state index >= 15 is 0 Å². The summed E-state index contributed by atoms with van der Waals surface area (Å²) in [5, 5.41) is 14.0. The second kappa shape index (κ2) is 5.51. The van der Waals surface area contributed by atoms with Gasteiger partial charge in [0.25, 0.3) is 0 Å². The van der Waals surface area contributed by atoms with Gasteiger partial charge >= 0.3 is 5.69 Å². The van der Waals surface area contributed by atoms with E-state index in [2.05, 4.69) is 10.3 Å². The smallest absolute Gasteiger partial charge is 0.312 e. The first kappa shape index (κ1) is 13.1. The fraction of sp³-hybridized carbons (Fsp3) is 0.100.